The average molecular weight is 386 g/mol. The largest absolute Gasteiger partial charge is 1.00 e. The van der Waals surface area contributed by atoms with E-state index in [2.05, 4.69) is 6.92 Å². The summed E-state index contributed by atoms with van der Waals surface area (Å²) >= 11 is 0. The van der Waals surface area contributed by atoms with E-state index in [1.807, 2.05) is 0 Å². The van der Waals surface area contributed by atoms with Crippen LogP contribution in [0.1, 0.15) is 44.6 Å². The van der Waals surface area contributed by atoms with Gasteiger partial charge in [0, 0.05) is 0 Å². The fourth-order valence-electron chi connectivity index (χ4n) is 2.70. The molecule has 2 rings (SSSR count). The standard InChI is InChI=1S/C19H24O5S.Na/c1-2-3-4-5-6-10-15-11-9-14-18(19(15)25(21,22)23)24-17-13-8-7-12-16(17)20;/h7-9,11-14,20H,2-6,10H2,1H3,(H,21,22,23);/q;+1/p-1. The normalized spacial score (nSPS) is 11.0. The van der Waals surface area contributed by atoms with Crippen LogP contribution in [0, 0.1) is 0 Å². The van der Waals surface area contributed by atoms with Gasteiger partial charge < -0.3 is 9.84 Å². The molecule has 0 amide bonds. The molecule has 0 unspecified atom stereocenters. The number of hydrogen-bond donors (Lipinski definition) is 1. The molecule has 1 N–H and O–H groups in total. The Labute approximate surface area is 177 Å². The van der Waals surface area contributed by atoms with Gasteiger partial charge in [0.15, 0.2) is 0 Å². The number of para-hydroxylation sites is 2. The molecule has 0 bridgehead atoms. The Morgan fingerprint density at radius 1 is 0.962 bits per heavy atom. The van der Waals surface area contributed by atoms with Gasteiger partial charge in [0.1, 0.15) is 16.4 Å². The number of unbranched alkanes of at least 4 members (excludes halogenated alkanes) is 4. The first-order chi connectivity index (χ1) is 11.9. The first-order valence-corrected chi connectivity index (χ1v) is 9.90. The van der Waals surface area contributed by atoms with Crippen molar-refractivity contribution in [3.63, 3.8) is 0 Å². The first-order valence-electron chi connectivity index (χ1n) is 8.46. The summed E-state index contributed by atoms with van der Waals surface area (Å²) in [6.45, 7) is 2.13. The van der Waals surface area contributed by atoms with E-state index in [4.69, 9.17) is 4.74 Å². The first kappa shape index (κ1) is 23.0. The molecule has 0 saturated heterocycles. The second kappa shape index (κ2) is 10.9. The van der Waals surface area contributed by atoms with Gasteiger partial charge in [0.05, 0.1) is 0 Å². The maximum Gasteiger partial charge on any atom is 1.00 e. The molecule has 5 nitrogen and oxygen atoms in total. The fraction of sp³-hybridized carbons (Fsp3) is 0.368. The van der Waals surface area contributed by atoms with Crippen LogP contribution in [0.3, 0.4) is 0 Å². The van der Waals surface area contributed by atoms with E-state index in [1.165, 1.54) is 18.2 Å². The molecule has 0 aliphatic carbocycles. The molecule has 136 valence electrons. The van der Waals surface area contributed by atoms with Crippen molar-refractivity contribution in [1.82, 2.24) is 0 Å². The van der Waals surface area contributed by atoms with E-state index in [0.29, 0.717) is 12.0 Å². The van der Waals surface area contributed by atoms with E-state index in [0.717, 1.165) is 32.1 Å². The van der Waals surface area contributed by atoms with Gasteiger partial charge >= 0.3 is 29.6 Å². The molecule has 0 aliphatic heterocycles. The van der Waals surface area contributed by atoms with Crippen molar-refractivity contribution < 1.29 is 52.4 Å². The average Bonchev–Trinajstić information content (AvgIpc) is 2.56. The maximum absolute atomic E-state index is 11.9. The van der Waals surface area contributed by atoms with Crippen molar-refractivity contribution in [1.29, 1.82) is 0 Å². The predicted molar refractivity (Wildman–Crippen MR) is 94.7 cm³/mol. The number of benzene rings is 2. The summed E-state index contributed by atoms with van der Waals surface area (Å²) in [6, 6.07) is 10.8. The third-order valence-electron chi connectivity index (χ3n) is 3.94. The number of aryl methyl sites for hydroxylation is 1. The van der Waals surface area contributed by atoms with Crippen LogP contribution in [0.5, 0.6) is 17.2 Å². The molecule has 0 saturated carbocycles. The molecule has 0 fully saturated rings. The zero-order valence-corrected chi connectivity index (χ0v) is 18.1. The van der Waals surface area contributed by atoms with Gasteiger partial charge in [-0.05, 0) is 30.5 Å². The van der Waals surface area contributed by atoms with Crippen LogP contribution in [-0.4, -0.2) is 13.0 Å². The summed E-state index contributed by atoms with van der Waals surface area (Å²) in [5, 5.41) is 11.8. The Bertz CT molecular complexity index is 805. The van der Waals surface area contributed by atoms with Gasteiger partial charge in [0.2, 0.25) is 0 Å². The topological polar surface area (TPSA) is 86.7 Å². The molecular formula is C19H23NaO5S. The van der Waals surface area contributed by atoms with Gasteiger partial charge in [-0.2, -0.15) is 8.42 Å². The Morgan fingerprint density at radius 2 is 1.62 bits per heavy atom. The number of rotatable bonds is 9. The maximum atomic E-state index is 11.9. The van der Waals surface area contributed by atoms with Crippen LogP contribution >= 0.6 is 0 Å². The van der Waals surface area contributed by atoms with Crippen molar-refractivity contribution >= 4 is 10.1 Å². The molecule has 2 aromatic rings. The predicted octanol–water partition coefficient (Wildman–Crippen LogP) is 1.32. The smallest absolute Gasteiger partial charge is 0.870 e. The zero-order valence-electron chi connectivity index (χ0n) is 15.3. The Kier molecular flexibility index (Phi) is 9.68. The van der Waals surface area contributed by atoms with Crippen LogP contribution in [0.2, 0.25) is 0 Å². The van der Waals surface area contributed by atoms with Crippen LogP contribution in [-0.2, 0) is 16.5 Å². The number of ether oxygens (including phenoxy) is 1. The van der Waals surface area contributed by atoms with Gasteiger partial charge in [-0.1, -0.05) is 68.7 Å². The van der Waals surface area contributed by atoms with Crippen LogP contribution in [0.4, 0.5) is 0 Å². The third-order valence-corrected chi connectivity index (χ3v) is 4.92. The molecule has 0 radical (unpaired) electrons. The quantitative estimate of drug-likeness (QED) is 0.399. The second-order valence-corrected chi connectivity index (χ2v) is 7.29. The van der Waals surface area contributed by atoms with E-state index < -0.39 is 10.1 Å². The summed E-state index contributed by atoms with van der Waals surface area (Å²) in [7, 11) is -4.47. The Balaban J connectivity index is 0.00000338. The monoisotopic (exact) mass is 386 g/mol. The SMILES string of the molecule is CCCCCCCc1cccc(Oc2ccccc2[O-])c1S(=O)(=O)O.[Na+]. The molecule has 0 aromatic heterocycles. The molecule has 0 atom stereocenters. The minimum absolute atomic E-state index is 0. The zero-order chi connectivity index (χ0) is 18.3. The third kappa shape index (κ3) is 6.59. The van der Waals surface area contributed by atoms with Gasteiger partial charge in [-0.15, -0.1) is 0 Å². The summed E-state index contributed by atoms with van der Waals surface area (Å²) in [4.78, 5) is -0.256. The van der Waals surface area contributed by atoms with Crippen LogP contribution in [0.25, 0.3) is 0 Å². The molecule has 7 heteroatoms. The Hall–Kier alpha value is -1.05. The van der Waals surface area contributed by atoms with Crippen molar-refractivity contribution in [2.45, 2.75) is 50.3 Å². The van der Waals surface area contributed by atoms with Crippen LogP contribution < -0.4 is 39.4 Å². The second-order valence-electron chi connectivity index (χ2n) is 5.93. The van der Waals surface area contributed by atoms with Crippen molar-refractivity contribution in [3.8, 4) is 17.2 Å². The summed E-state index contributed by atoms with van der Waals surface area (Å²) in [5.41, 5.74) is 0.500. The summed E-state index contributed by atoms with van der Waals surface area (Å²) in [6.07, 6.45) is 5.71. The van der Waals surface area contributed by atoms with E-state index in [-0.39, 0.29) is 51.7 Å². The molecule has 0 aliphatic rings. The van der Waals surface area contributed by atoms with Crippen molar-refractivity contribution in [3.05, 3.63) is 48.0 Å². The van der Waals surface area contributed by atoms with Gasteiger partial charge in [-0.25, -0.2) is 0 Å². The van der Waals surface area contributed by atoms with E-state index in [9.17, 15) is 18.1 Å². The summed E-state index contributed by atoms with van der Waals surface area (Å²) in [5.74, 6) is -0.363. The van der Waals surface area contributed by atoms with E-state index >= 15 is 0 Å². The summed E-state index contributed by atoms with van der Waals surface area (Å²) < 4.78 is 38.9. The number of hydrogen-bond acceptors (Lipinski definition) is 4. The van der Waals surface area contributed by atoms with Gasteiger partial charge in [0.25, 0.3) is 10.1 Å². The Morgan fingerprint density at radius 3 is 2.27 bits per heavy atom. The molecular weight excluding hydrogens is 363 g/mol. The van der Waals surface area contributed by atoms with E-state index in [1.54, 1.807) is 24.3 Å². The van der Waals surface area contributed by atoms with Crippen molar-refractivity contribution in [2.75, 3.05) is 0 Å². The molecule has 0 spiro atoms. The van der Waals surface area contributed by atoms with Crippen LogP contribution in [0.15, 0.2) is 47.4 Å². The minimum Gasteiger partial charge on any atom is -0.870 e. The fourth-order valence-corrected chi connectivity index (χ4v) is 3.57. The van der Waals surface area contributed by atoms with Gasteiger partial charge in [-0.3, -0.25) is 4.55 Å². The van der Waals surface area contributed by atoms with Crippen molar-refractivity contribution in [2.24, 2.45) is 0 Å². The minimum atomic E-state index is -4.47. The molecule has 0 heterocycles. The molecule has 2 aromatic carbocycles. The molecule has 26 heavy (non-hydrogen) atoms.